The zero-order chi connectivity index (χ0) is 12.3. The lowest BCUT2D eigenvalue weighted by molar-refractivity contribution is 0.1000. The van der Waals surface area contributed by atoms with Gasteiger partial charge in [-0.15, -0.1) is 11.8 Å². The summed E-state index contributed by atoms with van der Waals surface area (Å²) in [5.74, 6) is -0.197. The molecule has 1 aliphatic heterocycles. The van der Waals surface area contributed by atoms with Crippen molar-refractivity contribution in [3.8, 4) is 0 Å². The minimum Gasteiger partial charge on any atom is -0.381 e. The van der Waals surface area contributed by atoms with E-state index in [4.69, 9.17) is 10.5 Å². The second-order valence-corrected chi connectivity index (χ2v) is 5.71. The van der Waals surface area contributed by atoms with E-state index in [1.165, 1.54) is 6.07 Å². The molecule has 2 rings (SSSR count). The maximum absolute atomic E-state index is 13.7. The van der Waals surface area contributed by atoms with E-state index in [0.29, 0.717) is 10.8 Å². The Labute approximate surface area is 106 Å². The molecule has 1 aliphatic rings. The Hall–Kier alpha value is -0.580. The Morgan fingerprint density at radius 2 is 2.12 bits per heavy atom. The SMILES string of the molecule is C[C@@H](N)c1c(F)cccc1SC1CCOCC1. The summed E-state index contributed by atoms with van der Waals surface area (Å²) < 4.78 is 19.1. The Balaban J connectivity index is 2.16. The van der Waals surface area contributed by atoms with Crippen molar-refractivity contribution in [2.75, 3.05) is 13.2 Å². The van der Waals surface area contributed by atoms with Crippen molar-refractivity contribution in [2.24, 2.45) is 5.73 Å². The molecule has 0 spiro atoms. The largest absolute Gasteiger partial charge is 0.381 e. The number of hydrogen-bond acceptors (Lipinski definition) is 3. The average molecular weight is 255 g/mol. The third-order valence-electron chi connectivity index (χ3n) is 2.93. The first-order valence-electron chi connectivity index (χ1n) is 5.97. The van der Waals surface area contributed by atoms with Crippen molar-refractivity contribution >= 4 is 11.8 Å². The molecule has 1 saturated heterocycles. The van der Waals surface area contributed by atoms with Crippen LogP contribution in [0.2, 0.25) is 0 Å². The molecule has 17 heavy (non-hydrogen) atoms. The van der Waals surface area contributed by atoms with Crippen LogP contribution in [0.1, 0.15) is 31.4 Å². The third kappa shape index (κ3) is 3.21. The van der Waals surface area contributed by atoms with E-state index in [0.717, 1.165) is 31.0 Å². The molecule has 0 saturated carbocycles. The molecule has 94 valence electrons. The molecule has 0 aromatic heterocycles. The van der Waals surface area contributed by atoms with Crippen molar-refractivity contribution in [2.45, 2.75) is 36.0 Å². The molecule has 1 heterocycles. The van der Waals surface area contributed by atoms with Gasteiger partial charge in [0.05, 0.1) is 0 Å². The number of nitrogens with two attached hydrogens (primary N) is 1. The van der Waals surface area contributed by atoms with Crippen molar-refractivity contribution in [1.29, 1.82) is 0 Å². The Kier molecular flexibility index (Phi) is 4.42. The summed E-state index contributed by atoms with van der Waals surface area (Å²) in [4.78, 5) is 0.979. The van der Waals surface area contributed by atoms with Gasteiger partial charge >= 0.3 is 0 Å². The van der Waals surface area contributed by atoms with E-state index in [1.807, 2.05) is 13.0 Å². The van der Waals surface area contributed by atoms with E-state index in [1.54, 1.807) is 17.8 Å². The first-order valence-corrected chi connectivity index (χ1v) is 6.85. The highest BCUT2D eigenvalue weighted by molar-refractivity contribution is 8.00. The van der Waals surface area contributed by atoms with Crippen molar-refractivity contribution in [1.82, 2.24) is 0 Å². The minimum absolute atomic E-state index is 0.197. The summed E-state index contributed by atoms with van der Waals surface area (Å²) in [6.07, 6.45) is 2.05. The topological polar surface area (TPSA) is 35.2 Å². The van der Waals surface area contributed by atoms with Gasteiger partial charge in [-0.2, -0.15) is 0 Å². The van der Waals surface area contributed by atoms with Crippen LogP contribution in [0.4, 0.5) is 4.39 Å². The predicted molar refractivity (Wildman–Crippen MR) is 68.7 cm³/mol. The van der Waals surface area contributed by atoms with Crippen LogP contribution in [0.15, 0.2) is 23.1 Å². The fourth-order valence-corrected chi connectivity index (χ4v) is 3.39. The average Bonchev–Trinajstić information content (AvgIpc) is 2.30. The highest BCUT2D eigenvalue weighted by atomic mass is 32.2. The van der Waals surface area contributed by atoms with E-state index in [-0.39, 0.29) is 11.9 Å². The number of hydrogen-bond donors (Lipinski definition) is 1. The van der Waals surface area contributed by atoms with Gasteiger partial charge in [0.15, 0.2) is 0 Å². The molecule has 1 aromatic rings. The lowest BCUT2D eigenvalue weighted by Gasteiger charge is -2.23. The first kappa shape index (κ1) is 12.9. The van der Waals surface area contributed by atoms with Gasteiger partial charge in [0.1, 0.15) is 5.82 Å². The monoisotopic (exact) mass is 255 g/mol. The molecule has 0 amide bonds. The molecular formula is C13H18FNOS. The molecule has 1 fully saturated rings. The van der Waals surface area contributed by atoms with Crippen LogP contribution in [-0.4, -0.2) is 18.5 Å². The lowest BCUT2D eigenvalue weighted by atomic mass is 10.1. The van der Waals surface area contributed by atoms with Gasteiger partial charge in [-0.1, -0.05) is 6.07 Å². The molecule has 1 atom stereocenters. The minimum atomic E-state index is -0.265. The van der Waals surface area contributed by atoms with Crippen LogP contribution in [0.5, 0.6) is 0 Å². The van der Waals surface area contributed by atoms with Gasteiger partial charge in [-0.05, 0) is 31.9 Å². The van der Waals surface area contributed by atoms with Gasteiger partial charge in [0, 0.05) is 35.0 Å². The van der Waals surface area contributed by atoms with Gasteiger partial charge in [-0.25, -0.2) is 4.39 Å². The van der Waals surface area contributed by atoms with Crippen molar-refractivity contribution in [3.05, 3.63) is 29.6 Å². The normalized spacial score (nSPS) is 19.2. The second-order valence-electron chi connectivity index (χ2n) is 4.37. The van der Waals surface area contributed by atoms with Crippen molar-refractivity contribution in [3.63, 3.8) is 0 Å². The van der Waals surface area contributed by atoms with Gasteiger partial charge in [-0.3, -0.25) is 0 Å². The zero-order valence-electron chi connectivity index (χ0n) is 9.99. The van der Waals surface area contributed by atoms with E-state index >= 15 is 0 Å². The van der Waals surface area contributed by atoms with Crippen LogP contribution >= 0.6 is 11.8 Å². The lowest BCUT2D eigenvalue weighted by Crippen LogP contribution is -2.18. The highest BCUT2D eigenvalue weighted by Gasteiger charge is 2.19. The quantitative estimate of drug-likeness (QED) is 0.901. The summed E-state index contributed by atoms with van der Waals surface area (Å²) >= 11 is 1.73. The maximum Gasteiger partial charge on any atom is 0.129 e. The maximum atomic E-state index is 13.7. The fourth-order valence-electron chi connectivity index (χ4n) is 2.04. The Bertz CT molecular complexity index is 378. The fraction of sp³-hybridized carbons (Fsp3) is 0.538. The number of thioether (sulfide) groups is 1. The molecule has 0 unspecified atom stereocenters. The van der Waals surface area contributed by atoms with Crippen LogP contribution in [-0.2, 0) is 4.74 Å². The highest BCUT2D eigenvalue weighted by Crippen LogP contribution is 2.35. The second kappa shape index (κ2) is 5.85. The summed E-state index contributed by atoms with van der Waals surface area (Å²) in [5.41, 5.74) is 6.49. The zero-order valence-corrected chi connectivity index (χ0v) is 10.8. The molecular weight excluding hydrogens is 237 g/mol. The molecule has 0 bridgehead atoms. The summed E-state index contributed by atoms with van der Waals surface area (Å²) in [5, 5.41) is 0.517. The van der Waals surface area contributed by atoms with Crippen LogP contribution in [0, 0.1) is 5.82 Å². The van der Waals surface area contributed by atoms with E-state index < -0.39 is 0 Å². The summed E-state index contributed by atoms with van der Waals surface area (Å²) in [6.45, 7) is 3.44. The third-order valence-corrected chi connectivity index (χ3v) is 4.34. The summed E-state index contributed by atoms with van der Waals surface area (Å²) in [7, 11) is 0. The van der Waals surface area contributed by atoms with Crippen LogP contribution < -0.4 is 5.73 Å². The molecule has 2 nitrogen and oxygen atoms in total. The Morgan fingerprint density at radius 3 is 2.76 bits per heavy atom. The van der Waals surface area contributed by atoms with Gasteiger partial charge in [0.25, 0.3) is 0 Å². The molecule has 4 heteroatoms. The molecule has 1 aromatic carbocycles. The van der Waals surface area contributed by atoms with Gasteiger partial charge < -0.3 is 10.5 Å². The van der Waals surface area contributed by atoms with Gasteiger partial charge in [0.2, 0.25) is 0 Å². The van der Waals surface area contributed by atoms with E-state index in [9.17, 15) is 4.39 Å². The number of benzene rings is 1. The first-order chi connectivity index (χ1) is 8.18. The van der Waals surface area contributed by atoms with Crippen LogP contribution in [0.25, 0.3) is 0 Å². The van der Waals surface area contributed by atoms with Crippen LogP contribution in [0.3, 0.4) is 0 Å². The molecule has 2 N–H and O–H groups in total. The number of ether oxygens (including phenoxy) is 1. The number of halogens is 1. The van der Waals surface area contributed by atoms with E-state index in [2.05, 4.69) is 0 Å². The van der Waals surface area contributed by atoms with Crippen molar-refractivity contribution < 1.29 is 9.13 Å². The molecule has 0 aliphatic carbocycles. The predicted octanol–water partition coefficient (Wildman–Crippen LogP) is 3.12. The standard InChI is InChI=1S/C13H18FNOS/c1-9(15)13-11(14)3-2-4-12(13)17-10-5-7-16-8-6-10/h2-4,9-10H,5-8,15H2,1H3/t9-/m1/s1. The molecule has 0 radical (unpaired) electrons. The summed E-state index contributed by atoms with van der Waals surface area (Å²) in [6, 6.07) is 4.93. The Morgan fingerprint density at radius 1 is 1.41 bits per heavy atom. The number of rotatable bonds is 3. The smallest absolute Gasteiger partial charge is 0.129 e.